The summed E-state index contributed by atoms with van der Waals surface area (Å²) >= 11 is 12.6. The number of rotatable bonds is 4. The average Bonchev–Trinajstić information content (AvgIpc) is 2.28. The molecule has 16 heavy (non-hydrogen) atoms. The van der Waals surface area contributed by atoms with Crippen LogP contribution in [0.3, 0.4) is 0 Å². The molecule has 0 aliphatic heterocycles. The van der Waals surface area contributed by atoms with E-state index in [1.807, 2.05) is 19.5 Å². The molecule has 0 N–H and O–H groups in total. The van der Waals surface area contributed by atoms with Gasteiger partial charge >= 0.3 is 0 Å². The van der Waals surface area contributed by atoms with Crippen LogP contribution in [0.4, 0.5) is 0 Å². The summed E-state index contributed by atoms with van der Waals surface area (Å²) in [6.45, 7) is 10.0. The Bertz CT molecular complexity index is 385. The highest BCUT2D eigenvalue weighted by molar-refractivity contribution is 6.72. The molecule has 1 unspecified atom stereocenters. The van der Waals surface area contributed by atoms with Gasteiger partial charge in [-0.3, -0.25) is 0 Å². The van der Waals surface area contributed by atoms with Gasteiger partial charge in [0.15, 0.2) is 0 Å². The second kappa shape index (κ2) is 5.39. The van der Waals surface area contributed by atoms with E-state index in [0.29, 0.717) is 9.52 Å². The van der Waals surface area contributed by atoms with Crippen LogP contribution in [0.25, 0.3) is 5.57 Å². The summed E-state index contributed by atoms with van der Waals surface area (Å²) in [5.41, 5.74) is 3.37. The topological polar surface area (TPSA) is 0 Å². The quantitative estimate of drug-likeness (QED) is 0.549. The molecule has 86 valence electrons. The largest absolute Gasteiger partial charge is 0.109 e. The number of allylic oxidation sites excluding steroid dienone is 1. The van der Waals surface area contributed by atoms with Gasteiger partial charge in [0.2, 0.25) is 0 Å². The molecule has 0 aromatic heterocycles. The van der Waals surface area contributed by atoms with Gasteiger partial charge in [-0.05, 0) is 18.1 Å². The maximum absolute atomic E-state index is 6.29. The molecule has 0 aliphatic rings. The van der Waals surface area contributed by atoms with Gasteiger partial charge in [-0.25, -0.2) is 0 Å². The summed E-state index contributed by atoms with van der Waals surface area (Å²) < 4.78 is -0.673. The van der Waals surface area contributed by atoms with Crippen LogP contribution in [0.5, 0.6) is 0 Å². The van der Waals surface area contributed by atoms with Gasteiger partial charge in [0, 0.05) is 5.92 Å². The maximum atomic E-state index is 6.29. The Morgan fingerprint density at radius 2 is 2.06 bits per heavy atom. The van der Waals surface area contributed by atoms with Crippen molar-refractivity contribution in [2.45, 2.75) is 30.3 Å². The van der Waals surface area contributed by atoms with Crippen molar-refractivity contribution in [1.82, 2.24) is 0 Å². The smallest absolute Gasteiger partial charge is 0.106 e. The third kappa shape index (κ3) is 3.13. The summed E-state index contributed by atoms with van der Waals surface area (Å²) in [6.07, 6.45) is 0. The fraction of sp³-hybridized carbons (Fsp3) is 0.385. The standard InChI is InChI=1S/C13H16Cl2Si/c1-9(2)11-6-5-7-12(8-11)10(3)13(14,15)16-4/h5-8,10H,1H2,2-4H3. The lowest BCUT2D eigenvalue weighted by Gasteiger charge is -2.26. The van der Waals surface area contributed by atoms with Crippen molar-refractivity contribution >= 4 is 38.3 Å². The molecule has 0 saturated heterocycles. The second-order valence-corrected chi connectivity index (χ2v) is 7.31. The minimum atomic E-state index is -0.673. The molecular weight excluding hydrogens is 255 g/mol. The van der Waals surface area contributed by atoms with Crippen LogP contribution >= 0.6 is 23.2 Å². The third-order valence-electron chi connectivity index (χ3n) is 2.76. The number of halogens is 2. The molecule has 0 spiro atoms. The number of hydrogen-bond donors (Lipinski definition) is 0. The van der Waals surface area contributed by atoms with Crippen LogP contribution in [-0.4, -0.2) is 13.5 Å². The van der Waals surface area contributed by atoms with Gasteiger partial charge in [-0.15, -0.1) is 23.2 Å². The number of alkyl halides is 2. The van der Waals surface area contributed by atoms with Gasteiger partial charge in [0.05, 0.1) is 9.52 Å². The maximum Gasteiger partial charge on any atom is 0.109 e. The third-order valence-corrected chi connectivity index (χ3v) is 5.64. The lowest BCUT2D eigenvalue weighted by Crippen LogP contribution is -2.27. The Morgan fingerprint density at radius 3 is 2.56 bits per heavy atom. The van der Waals surface area contributed by atoms with Crippen LogP contribution in [0, 0.1) is 0 Å². The molecule has 1 aromatic rings. The highest BCUT2D eigenvalue weighted by atomic mass is 35.5. The van der Waals surface area contributed by atoms with Crippen LogP contribution in [0.15, 0.2) is 30.8 Å². The van der Waals surface area contributed by atoms with E-state index in [0.717, 1.165) is 11.1 Å². The summed E-state index contributed by atoms with van der Waals surface area (Å²) in [4.78, 5) is 0. The molecule has 0 heterocycles. The van der Waals surface area contributed by atoms with E-state index >= 15 is 0 Å². The molecule has 1 atom stereocenters. The zero-order valence-electron chi connectivity index (χ0n) is 9.85. The minimum Gasteiger partial charge on any atom is -0.106 e. The van der Waals surface area contributed by atoms with E-state index in [2.05, 4.69) is 31.7 Å². The lowest BCUT2D eigenvalue weighted by molar-refractivity contribution is 0.782. The van der Waals surface area contributed by atoms with Gasteiger partial charge in [0.25, 0.3) is 0 Å². The van der Waals surface area contributed by atoms with Crippen molar-refractivity contribution in [2.75, 3.05) is 0 Å². The second-order valence-electron chi connectivity index (χ2n) is 4.00. The molecular formula is C13H16Cl2Si. The number of benzene rings is 1. The van der Waals surface area contributed by atoms with Crippen LogP contribution < -0.4 is 0 Å². The van der Waals surface area contributed by atoms with Crippen LogP contribution in [-0.2, 0) is 0 Å². The fourth-order valence-corrected chi connectivity index (χ4v) is 2.35. The number of hydrogen-bond acceptors (Lipinski definition) is 0. The van der Waals surface area contributed by atoms with Crippen molar-refractivity contribution in [3.8, 4) is 0 Å². The fourth-order valence-electron chi connectivity index (χ4n) is 1.50. The predicted molar refractivity (Wildman–Crippen MR) is 75.6 cm³/mol. The van der Waals surface area contributed by atoms with E-state index in [4.69, 9.17) is 23.2 Å². The Balaban J connectivity index is 3.05. The molecule has 0 fully saturated rings. The first kappa shape index (κ1) is 13.8. The zero-order valence-corrected chi connectivity index (χ0v) is 12.4. The molecule has 0 aliphatic carbocycles. The Kier molecular flexibility index (Phi) is 4.66. The summed E-state index contributed by atoms with van der Waals surface area (Å²) in [6, 6.07) is 8.26. The summed E-state index contributed by atoms with van der Waals surface area (Å²) in [5.74, 6) is 0.124. The lowest BCUT2D eigenvalue weighted by atomic mass is 9.98. The molecule has 1 aromatic carbocycles. The van der Waals surface area contributed by atoms with Crippen LogP contribution in [0.2, 0.25) is 6.55 Å². The van der Waals surface area contributed by atoms with Gasteiger partial charge < -0.3 is 0 Å². The van der Waals surface area contributed by atoms with Gasteiger partial charge in [-0.1, -0.05) is 49.9 Å². The first-order valence-electron chi connectivity index (χ1n) is 5.21. The normalized spacial score (nSPS) is 13.6. The van der Waals surface area contributed by atoms with Gasteiger partial charge in [0.1, 0.15) is 3.96 Å². The van der Waals surface area contributed by atoms with E-state index in [1.165, 1.54) is 5.56 Å². The summed E-state index contributed by atoms with van der Waals surface area (Å²) in [5, 5.41) is 0. The van der Waals surface area contributed by atoms with Gasteiger partial charge in [-0.2, -0.15) is 0 Å². The molecule has 0 bridgehead atoms. The SMILES string of the molecule is C=C(C)c1cccc(C(C)C(Cl)(Cl)[Si]C)c1. The van der Waals surface area contributed by atoms with Crippen molar-refractivity contribution in [1.29, 1.82) is 0 Å². The zero-order chi connectivity index (χ0) is 12.3. The Labute approximate surface area is 110 Å². The van der Waals surface area contributed by atoms with Crippen molar-refractivity contribution < 1.29 is 0 Å². The summed E-state index contributed by atoms with van der Waals surface area (Å²) in [7, 11) is 0.490. The van der Waals surface area contributed by atoms with Crippen molar-refractivity contribution in [3.05, 3.63) is 42.0 Å². The highest BCUT2D eigenvalue weighted by Gasteiger charge is 2.30. The van der Waals surface area contributed by atoms with Crippen molar-refractivity contribution in [2.24, 2.45) is 0 Å². The minimum absolute atomic E-state index is 0.124. The highest BCUT2D eigenvalue weighted by Crippen LogP contribution is 2.37. The average molecular weight is 271 g/mol. The predicted octanol–water partition coefficient (Wildman–Crippen LogP) is 4.71. The molecule has 0 amide bonds. The molecule has 0 nitrogen and oxygen atoms in total. The van der Waals surface area contributed by atoms with E-state index in [1.54, 1.807) is 0 Å². The van der Waals surface area contributed by atoms with Crippen molar-refractivity contribution in [3.63, 3.8) is 0 Å². The van der Waals surface area contributed by atoms with E-state index < -0.39 is 3.96 Å². The molecule has 1 rings (SSSR count). The van der Waals surface area contributed by atoms with Crippen LogP contribution in [0.1, 0.15) is 30.9 Å². The van der Waals surface area contributed by atoms with E-state index in [-0.39, 0.29) is 5.92 Å². The first-order valence-corrected chi connectivity index (χ1v) is 7.46. The van der Waals surface area contributed by atoms with E-state index in [9.17, 15) is 0 Å². The Morgan fingerprint density at radius 1 is 1.44 bits per heavy atom. The monoisotopic (exact) mass is 270 g/mol. The Hall–Kier alpha value is -0.243. The molecule has 0 saturated carbocycles. The molecule has 3 heteroatoms. The first-order chi connectivity index (χ1) is 7.38. The molecule has 2 radical (unpaired) electrons.